The van der Waals surface area contributed by atoms with Crippen LogP contribution in [0.15, 0.2) is 12.7 Å². The summed E-state index contributed by atoms with van der Waals surface area (Å²) < 4.78 is 25.5. The quantitative estimate of drug-likeness (QED) is 0.312. The van der Waals surface area contributed by atoms with Crippen molar-refractivity contribution in [2.45, 2.75) is 102 Å². The first kappa shape index (κ1) is 34.0. The van der Waals surface area contributed by atoms with Crippen molar-refractivity contribution >= 4 is 46.9 Å². The molecule has 3 saturated heterocycles. The molecule has 0 saturated carbocycles. The Labute approximate surface area is 273 Å². The van der Waals surface area contributed by atoms with Gasteiger partial charge in [0, 0.05) is 24.9 Å². The average molecular weight is 663 g/mol. The largest absolute Gasteiger partial charge is 0.452 e. The summed E-state index contributed by atoms with van der Waals surface area (Å²) in [5.74, 6) is -0.118. The number of ether oxygens (including phenoxy) is 4. The Morgan fingerprint density at radius 3 is 2.46 bits per heavy atom. The smallest absolute Gasteiger partial charge is 0.410 e. The van der Waals surface area contributed by atoms with Crippen molar-refractivity contribution in [1.29, 1.82) is 0 Å². The van der Waals surface area contributed by atoms with Gasteiger partial charge >= 0.3 is 18.2 Å². The number of esters is 1. The molecule has 5 heterocycles. The van der Waals surface area contributed by atoms with E-state index in [0.717, 1.165) is 25.9 Å². The van der Waals surface area contributed by atoms with Crippen LogP contribution in [0.25, 0.3) is 11.2 Å². The summed E-state index contributed by atoms with van der Waals surface area (Å²) in [6.07, 6.45) is 5.28. The van der Waals surface area contributed by atoms with E-state index in [-0.39, 0.29) is 5.82 Å². The van der Waals surface area contributed by atoms with Crippen LogP contribution in [0.2, 0.25) is 0 Å². The van der Waals surface area contributed by atoms with Crippen molar-refractivity contribution in [2.75, 3.05) is 43.9 Å². The first-order valence-corrected chi connectivity index (χ1v) is 17.3. The first-order valence-electron chi connectivity index (χ1n) is 15.9. The molecule has 3 aliphatic heterocycles. The molecule has 0 aromatic carbocycles. The summed E-state index contributed by atoms with van der Waals surface area (Å²) in [6, 6.07) is -0.609. The van der Waals surface area contributed by atoms with Gasteiger partial charge < -0.3 is 39.8 Å². The van der Waals surface area contributed by atoms with Crippen molar-refractivity contribution in [2.24, 2.45) is 0 Å². The predicted molar refractivity (Wildman–Crippen MR) is 171 cm³/mol. The van der Waals surface area contributed by atoms with Crippen LogP contribution >= 0.6 is 11.8 Å². The molecular formula is C30H46N8O7S. The zero-order chi connectivity index (χ0) is 33.0. The second-order valence-corrected chi connectivity index (χ2v) is 13.9. The number of nitrogens with one attached hydrogen (secondary N) is 1. The van der Waals surface area contributed by atoms with E-state index >= 15 is 0 Å². The lowest BCUT2D eigenvalue weighted by Crippen LogP contribution is -2.50. The van der Waals surface area contributed by atoms with E-state index in [0.29, 0.717) is 36.0 Å². The third-order valence-electron chi connectivity index (χ3n) is 8.48. The normalized spacial score (nSPS) is 25.3. The molecular weight excluding hydrogens is 616 g/mol. The Bertz CT molecular complexity index is 1370. The van der Waals surface area contributed by atoms with E-state index in [9.17, 15) is 14.4 Å². The molecule has 3 fully saturated rings. The summed E-state index contributed by atoms with van der Waals surface area (Å²) in [6.45, 7) is 10.0. The summed E-state index contributed by atoms with van der Waals surface area (Å²) in [5, 5.41) is 2.51. The maximum atomic E-state index is 13.6. The molecule has 0 spiro atoms. The molecule has 3 N–H and O–H groups in total. The van der Waals surface area contributed by atoms with Gasteiger partial charge in [0.2, 0.25) is 0 Å². The highest BCUT2D eigenvalue weighted by atomic mass is 32.2. The Balaban J connectivity index is 1.36. The molecule has 15 nitrogen and oxygen atoms in total. The van der Waals surface area contributed by atoms with Crippen LogP contribution in [-0.4, -0.2) is 122 Å². The van der Waals surface area contributed by atoms with Crippen LogP contribution < -0.4 is 11.1 Å². The van der Waals surface area contributed by atoms with Crippen molar-refractivity contribution < 1.29 is 33.3 Å². The minimum atomic E-state index is -1.10. The minimum absolute atomic E-state index is 0.182. The van der Waals surface area contributed by atoms with Crippen molar-refractivity contribution in [1.82, 2.24) is 34.6 Å². The predicted octanol–water partition coefficient (Wildman–Crippen LogP) is 2.95. The number of hydrogen-bond acceptors (Lipinski definition) is 13. The number of anilines is 1. The molecule has 3 aliphatic rings. The number of hydrogen-bond donors (Lipinski definition) is 2. The number of carbonyl (C=O) groups is 3. The number of piperidine rings is 2. The Hall–Kier alpha value is -3.37. The maximum absolute atomic E-state index is 13.6. The lowest BCUT2D eigenvalue weighted by Gasteiger charge is -2.40. The number of nitrogens with two attached hydrogens (primary N) is 1. The van der Waals surface area contributed by atoms with Crippen LogP contribution in [0.4, 0.5) is 15.4 Å². The summed E-state index contributed by atoms with van der Waals surface area (Å²) in [7, 11) is 0. The van der Waals surface area contributed by atoms with Gasteiger partial charge in [0.25, 0.3) is 0 Å². The number of alkyl carbamates (subject to hydrolysis) is 1. The number of aromatic nitrogens is 4. The molecule has 0 unspecified atom stereocenters. The van der Waals surface area contributed by atoms with Gasteiger partial charge in [-0.05, 0) is 72.7 Å². The van der Waals surface area contributed by atoms with Gasteiger partial charge in [-0.2, -0.15) is 11.8 Å². The molecule has 0 aliphatic carbocycles. The molecule has 0 radical (unpaired) electrons. The fourth-order valence-corrected chi connectivity index (χ4v) is 6.82. The number of rotatable bonds is 8. The number of thioether (sulfide) groups is 1. The van der Waals surface area contributed by atoms with Crippen LogP contribution in [0, 0.1) is 0 Å². The second kappa shape index (κ2) is 14.6. The molecule has 5 atom stereocenters. The van der Waals surface area contributed by atoms with Crippen LogP contribution in [0.5, 0.6) is 0 Å². The molecule has 0 bridgehead atoms. The minimum Gasteiger partial charge on any atom is -0.452 e. The van der Waals surface area contributed by atoms with Gasteiger partial charge in [-0.3, -0.25) is 4.57 Å². The van der Waals surface area contributed by atoms with Crippen LogP contribution in [0.3, 0.4) is 0 Å². The first-order chi connectivity index (χ1) is 21.9. The number of fused-ring (bicyclic) bond motifs is 1. The summed E-state index contributed by atoms with van der Waals surface area (Å²) in [5.41, 5.74) is 6.01. The van der Waals surface area contributed by atoms with Gasteiger partial charge in [-0.15, -0.1) is 0 Å². The molecule has 2 amide bonds. The van der Waals surface area contributed by atoms with E-state index in [4.69, 9.17) is 24.7 Å². The van der Waals surface area contributed by atoms with E-state index in [1.807, 2.05) is 6.26 Å². The van der Waals surface area contributed by atoms with Gasteiger partial charge in [-0.1, -0.05) is 6.42 Å². The Morgan fingerprint density at radius 1 is 1.07 bits per heavy atom. The number of likely N-dealkylation sites (tertiary alicyclic amines) is 2. The summed E-state index contributed by atoms with van der Waals surface area (Å²) in [4.78, 5) is 56.4. The third-order valence-corrected chi connectivity index (χ3v) is 9.15. The summed E-state index contributed by atoms with van der Waals surface area (Å²) >= 11 is 1.51. The monoisotopic (exact) mass is 662 g/mol. The number of amides is 2. The number of imidazole rings is 1. The standard InChI is InChI=1S/C30H46N8O7S/c1-18(35-28(40)45-30(2,3)4)27(39)43-23-22(44-29(41)37-13-9-19(10-14-37)36-11-7-6-8-12-36)20(15-46-5)42-26(23)38-17-34-21-24(31)32-16-33-25(21)38/h16-20,22-23,26H,6-15H2,1-5H3,(H,35,40)(H2,31,32,33)/t18-,20-,22-,23-,26-/m1/s1. The highest BCUT2D eigenvalue weighted by Gasteiger charge is 2.51. The average Bonchev–Trinajstić information content (AvgIpc) is 3.59. The van der Waals surface area contributed by atoms with Crippen molar-refractivity contribution in [3.05, 3.63) is 12.7 Å². The van der Waals surface area contributed by atoms with Gasteiger partial charge in [-0.25, -0.2) is 29.3 Å². The topological polar surface area (TPSA) is 176 Å². The maximum Gasteiger partial charge on any atom is 0.410 e. The molecule has 16 heteroatoms. The van der Waals surface area contributed by atoms with Crippen LogP contribution in [-0.2, 0) is 23.7 Å². The van der Waals surface area contributed by atoms with Gasteiger partial charge in [0.1, 0.15) is 29.6 Å². The van der Waals surface area contributed by atoms with E-state index in [1.165, 1.54) is 50.6 Å². The highest BCUT2D eigenvalue weighted by molar-refractivity contribution is 7.98. The lowest BCUT2D eigenvalue weighted by molar-refractivity contribution is -0.160. The fraction of sp³-hybridized carbons (Fsp3) is 0.733. The Morgan fingerprint density at radius 2 is 1.78 bits per heavy atom. The molecule has 254 valence electrons. The van der Waals surface area contributed by atoms with E-state index in [2.05, 4.69) is 25.2 Å². The zero-order valence-corrected chi connectivity index (χ0v) is 28.0. The second-order valence-electron chi connectivity index (χ2n) is 13.0. The van der Waals surface area contributed by atoms with Crippen LogP contribution in [0.1, 0.15) is 66.0 Å². The Kier molecular flexibility index (Phi) is 10.8. The van der Waals surface area contributed by atoms with Gasteiger partial charge in [0.05, 0.1) is 6.33 Å². The molecule has 2 aromatic rings. The van der Waals surface area contributed by atoms with Gasteiger partial charge in [0.15, 0.2) is 29.9 Å². The number of nitrogens with zero attached hydrogens (tertiary/aromatic N) is 6. The molecule has 5 rings (SSSR count). The number of carbonyl (C=O) groups excluding carboxylic acids is 3. The highest BCUT2D eigenvalue weighted by Crippen LogP contribution is 2.37. The molecule has 2 aromatic heterocycles. The fourth-order valence-electron chi connectivity index (χ4n) is 6.22. The van der Waals surface area contributed by atoms with Crippen molar-refractivity contribution in [3.63, 3.8) is 0 Å². The zero-order valence-electron chi connectivity index (χ0n) is 27.2. The SMILES string of the molecule is CSC[C@H]1O[C@@H](n2cnc3c(N)ncnc32)[C@H](OC(=O)[C@@H](C)NC(=O)OC(C)(C)C)[C@@H]1OC(=O)N1CCC(N2CCCCC2)CC1. The van der Waals surface area contributed by atoms with E-state index < -0.39 is 54.3 Å². The molecule has 46 heavy (non-hydrogen) atoms. The van der Waals surface area contributed by atoms with Crippen molar-refractivity contribution in [3.8, 4) is 0 Å². The number of nitrogen functional groups attached to an aromatic ring is 1. The van der Waals surface area contributed by atoms with E-state index in [1.54, 1.807) is 30.2 Å². The lowest BCUT2D eigenvalue weighted by atomic mass is 10.0. The third kappa shape index (κ3) is 7.94.